The van der Waals surface area contributed by atoms with Crippen molar-refractivity contribution in [3.05, 3.63) is 71.9 Å². The van der Waals surface area contributed by atoms with Crippen LogP contribution in [0.1, 0.15) is 37.9 Å². The predicted octanol–water partition coefficient (Wildman–Crippen LogP) is 4.12. The van der Waals surface area contributed by atoms with E-state index < -0.39 is 10.0 Å². The number of para-hydroxylation sites is 1. The third-order valence-electron chi connectivity index (χ3n) is 5.04. The number of aromatic nitrogens is 1. The number of nitrogens with zero attached hydrogens (tertiary/aromatic N) is 2. The molecule has 3 aromatic rings. The SMILES string of the molecule is CCN(CC)S(=O)(=O)c1ccc(C(C)NCc2cccc3cccnc23)cc1. The maximum absolute atomic E-state index is 12.6. The largest absolute Gasteiger partial charge is 0.306 e. The number of hydrogen-bond donors (Lipinski definition) is 1. The third kappa shape index (κ3) is 4.24. The number of sulfonamides is 1. The normalized spacial score (nSPS) is 13.1. The molecule has 5 nitrogen and oxygen atoms in total. The molecule has 6 heteroatoms. The zero-order chi connectivity index (χ0) is 20.1. The summed E-state index contributed by atoms with van der Waals surface area (Å²) in [7, 11) is -3.42. The predicted molar refractivity (Wildman–Crippen MR) is 114 cm³/mol. The number of rotatable bonds is 8. The van der Waals surface area contributed by atoms with Crippen LogP contribution in [0.5, 0.6) is 0 Å². The van der Waals surface area contributed by atoms with E-state index in [1.165, 1.54) is 4.31 Å². The van der Waals surface area contributed by atoms with Crippen molar-refractivity contribution in [3.8, 4) is 0 Å². The molecular weight excluding hydrogens is 370 g/mol. The highest BCUT2D eigenvalue weighted by molar-refractivity contribution is 7.89. The first-order chi connectivity index (χ1) is 13.5. The first kappa shape index (κ1) is 20.5. The lowest BCUT2D eigenvalue weighted by Gasteiger charge is -2.19. The molecule has 0 aliphatic carbocycles. The van der Waals surface area contributed by atoms with Gasteiger partial charge in [0.05, 0.1) is 10.4 Å². The van der Waals surface area contributed by atoms with E-state index in [0.717, 1.165) is 22.0 Å². The summed E-state index contributed by atoms with van der Waals surface area (Å²) >= 11 is 0. The fraction of sp³-hybridized carbons (Fsp3) is 0.318. The maximum Gasteiger partial charge on any atom is 0.243 e. The van der Waals surface area contributed by atoms with E-state index in [4.69, 9.17) is 0 Å². The van der Waals surface area contributed by atoms with Gasteiger partial charge in [-0.1, -0.05) is 50.2 Å². The molecule has 0 fully saturated rings. The highest BCUT2D eigenvalue weighted by Crippen LogP contribution is 2.21. The van der Waals surface area contributed by atoms with E-state index >= 15 is 0 Å². The molecule has 1 atom stereocenters. The third-order valence-corrected chi connectivity index (χ3v) is 7.10. The number of fused-ring (bicyclic) bond motifs is 1. The maximum atomic E-state index is 12.6. The average molecular weight is 398 g/mol. The molecule has 0 spiro atoms. The van der Waals surface area contributed by atoms with Gasteiger partial charge in [0, 0.05) is 37.3 Å². The van der Waals surface area contributed by atoms with Gasteiger partial charge in [-0.05, 0) is 36.2 Å². The molecule has 0 aliphatic rings. The second-order valence-corrected chi connectivity index (χ2v) is 8.69. The van der Waals surface area contributed by atoms with Gasteiger partial charge in [-0.3, -0.25) is 4.98 Å². The highest BCUT2D eigenvalue weighted by atomic mass is 32.2. The van der Waals surface area contributed by atoms with Crippen LogP contribution in [0.4, 0.5) is 0 Å². The summed E-state index contributed by atoms with van der Waals surface area (Å²) in [6, 6.07) is 17.4. The second kappa shape index (κ2) is 8.82. The summed E-state index contributed by atoms with van der Waals surface area (Å²) in [5.41, 5.74) is 3.20. The Morgan fingerprint density at radius 3 is 2.36 bits per heavy atom. The first-order valence-corrected chi connectivity index (χ1v) is 11.1. The van der Waals surface area contributed by atoms with Crippen LogP contribution in [-0.4, -0.2) is 30.8 Å². The Morgan fingerprint density at radius 1 is 1.00 bits per heavy atom. The molecule has 148 valence electrons. The minimum absolute atomic E-state index is 0.0872. The molecule has 28 heavy (non-hydrogen) atoms. The van der Waals surface area contributed by atoms with Crippen molar-refractivity contribution in [1.29, 1.82) is 0 Å². The summed E-state index contributed by atoms with van der Waals surface area (Å²) in [6.07, 6.45) is 1.81. The zero-order valence-corrected chi connectivity index (χ0v) is 17.4. The number of benzene rings is 2. The smallest absolute Gasteiger partial charge is 0.243 e. The van der Waals surface area contributed by atoms with Crippen molar-refractivity contribution in [3.63, 3.8) is 0 Å². The van der Waals surface area contributed by atoms with Crippen LogP contribution in [0.3, 0.4) is 0 Å². The van der Waals surface area contributed by atoms with E-state index in [9.17, 15) is 8.42 Å². The average Bonchev–Trinajstić information content (AvgIpc) is 2.72. The van der Waals surface area contributed by atoms with E-state index in [2.05, 4.69) is 35.4 Å². The first-order valence-electron chi connectivity index (χ1n) is 9.63. The van der Waals surface area contributed by atoms with Crippen molar-refractivity contribution >= 4 is 20.9 Å². The van der Waals surface area contributed by atoms with Gasteiger partial charge in [-0.15, -0.1) is 0 Å². The molecule has 0 radical (unpaired) electrons. The van der Waals surface area contributed by atoms with Gasteiger partial charge in [0.1, 0.15) is 0 Å². The summed E-state index contributed by atoms with van der Waals surface area (Å²) in [5, 5.41) is 4.64. The summed E-state index contributed by atoms with van der Waals surface area (Å²) < 4.78 is 26.7. The van der Waals surface area contributed by atoms with Crippen LogP contribution in [0, 0.1) is 0 Å². The van der Waals surface area contributed by atoms with Crippen LogP contribution in [-0.2, 0) is 16.6 Å². The van der Waals surface area contributed by atoms with Crippen molar-refractivity contribution in [1.82, 2.24) is 14.6 Å². The molecule has 0 amide bonds. The van der Waals surface area contributed by atoms with Crippen LogP contribution in [0.25, 0.3) is 10.9 Å². The minimum atomic E-state index is -3.42. The summed E-state index contributed by atoms with van der Waals surface area (Å²) in [5.74, 6) is 0. The van der Waals surface area contributed by atoms with E-state index in [-0.39, 0.29) is 6.04 Å². The zero-order valence-electron chi connectivity index (χ0n) is 16.6. The van der Waals surface area contributed by atoms with Crippen molar-refractivity contribution < 1.29 is 8.42 Å². The van der Waals surface area contributed by atoms with Gasteiger partial charge in [0.15, 0.2) is 0 Å². The molecule has 2 aromatic carbocycles. The fourth-order valence-electron chi connectivity index (χ4n) is 3.33. The van der Waals surface area contributed by atoms with Gasteiger partial charge < -0.3 is 5.32 Å². The second-order valence-electron chi connectivity index (χ2n) is 6.75. The molecule has 1 aromatic heterocycles. The summed E-state index contributed by atoms with van der Waals surface area (Å²) in [6.45, 7) is 7.41. The Bertz CT molecular complexity index is 1020. The molecule has 0 aliphatic heterocycles. The Labute approximate surface area is 167 Å². The monoisotopic (exact) mass is 397 g/mol. The standard InChI is InChI=1S/C22H27N3O2S/c1-4-25(5-2)28(26,27)21-13-11-18(12-14-21)17(3)24-16-20-9-6-8-19-10-7-15-23-22(19)20/h6-15,17,24H,4-5,16H2,1-3H3. The van der Waals surface area contributed by atoms with Crippen molar-refractivity contribution in [2.45, 2.75) is 38.3 Å². The Balaban J connectivity index is 1.72. The lowest BCUT2D eigenvalue weighted by Crippen LogP contribution is -2.30. The Hall–Kier alpha value is -2.28. The molecule has 3 rings (SSSR count). The highest BCUT2D eigenvalue weighted by Gasteiger charge is 2.21. The van der Waals surface area contributed by atoms with Crippen LogP contribution in [0.15, 0.2) is 65.7 Å². The molecule has 1 heterocycles. The molecule has 0 saturated carbocycles. The van der Waals surface area contributed by atoms with Crippen LogP contribution < -0.4 is 5.32 Å². The van der Waals surface area contributed by atoms with Crippen LogP contribution >= 0.6 is 0 Å². The molecule has 1 N–H and O–H groups in total. The number of nitrogens with one attached hydrogen (secondary N) is 1. The van der Waals surface area contributed by atoms with Crippen molar-refractivity contribution in [2.24, 2.45) is 0 Å². The topological polar surface area (TPSA) is 62.3 Å². The van der Waals surface area contributed by atoms with Gasteiger partial charge in [0.25, 0.3) is 0 Å². The Morgan fingerprint density at radius 2 is 1.68 bits per heavy atom. The van der Waals surface area contributed by atoms with E-state index in [1.807, 2.05) is 44.3 Å². The van der Waals surface area contributed by atoms with Gasteiger partial charge in [-0.2, -0.15) is 4.31 Å². The molecule has 0 bridgehead atoms. The number of pyridine rings is 1. The Kier molecular flexibility index (Phi) is 6.44. The van der Waals surface area contributed by atoms with Gasteiger partial charge in [0.2, 0.25) is 10.0 Å². The van der Waals surface area contributed by atoms with E-state index in [0.29, 0.717) is 24.5 Å². The number of hydrogen-bond acceptors (Lipinski definition) is 4. The molecule has 0 saturated heterocycles. The lowest BCUT2D eigenvalue weighted by molar-refractivity contribution is 0.445. The van der Waals surface area contributed by atoms with E-state index in [1.54, 1.807) is 12.1 Å². The lowest BCUT2D eigenvalue weighted by atomic mass is 10.1. The molecular formula is C22H27N3O2S. The quantitative estimate of drug-likeness (QED) is 0.621. The fourth-order valence-corrected chi connectivity index (χ4v) is 4.79. The van der Waals surface area contributed by atoms with Gasteiger partial charge in [-0.25, -0.2) is 8.42 Å². The van der Waals surface area contributed by atoms with Crippen molar-refractivity contribution in [2.75, 3.05) is 13.1 Å². The summed E-state index contributed by atoms with van der Waals surface area (Å²) in [4.78, 5) is 4.83. The van der Waals surface area contributed by atoms with Crippen LogP contribution in [0.2, 0.25) is 0 Å². The van der Waals surface area contributed by atoms with Gasteiger partial charge >= 0.3 is 0 Å². The molecule has 1 unspecified atom stereocenters. The minimum Gasteiger partial charge on any atom is -0.306 e.